The second-order valence-electron chi connectivity index (χ2n) is 3.70. The summed E-state index contributed by atoms with van der Waals surface area (Å²) in [5.41, 5.74) is -0.210. The first kappa shape index (κ1) is 10.7. The summed E-state index contributed by atoms with van der Waals surface area (Å²) in [5, 5.41) is 8.85. The summed E-state index contributed by atoms with van der Waals surface area (Å²) in [6, 6.07) is 0. The Labute approximate surface area is 70.5 Å². The van der Waals surface area contributed by atoms with Gasteiger partial charge in [0.15, 0.2) is 0 Å². The molecule has 2 nitrogen and oxygen atoms in total. The maximum atomic E-state index is 10.8. The molecule has 0 spiro atoms. The van der Waals surface area contributed by atoms with Gasteiger partial charge in [-0.1, -0.05) is 20.8 Å². The fourth-order valence-corrected chi connectivity index (χ4v) is 2.68. The molecule has 66 valence electrons. The zero-order valence-corrected chi connectivity index (χ0v) is 8.58. The van der Waals surface area contributed by atoms with Crippen LogP contribution in [0.2, 0.25) is 0 Å². The van der Waals surface area contributed by atoms with E-state index in [2.05, 4.69) is 0 Å². The van der Waals surface area contributed by atoms with E-state index in [9.17, 15) is 4.79 Å². The van der Waals surface area contributed by atoms with Crippen molar-refractivity contribution < 1.29 is 9.90 Å². The Kier molecular flexibility index (Phi) is 3.30. The van der Waals surface area contributed by atoms with E-state index in [-0.39, 0.29) is 15.9 Å². The Balaban J connectivity index is 4.96. The molecule has 0 aliphatic heterocycles. The van der Waals surface area contributed by atoms with Crippen LogP contribution in [0.5, 0.6) is 0 Å². The van der Waals surface area contributed by atoms with Gasteiger partial charge in [-0.2, -0.15) is 10.5 Å². The van der Waals surface area contributed by atoms with Gasteiger partial charge in [-0.3, -0.25) is 0 Å². The van der Waals surface area contributed by atoms with E-state index in [0.29, 0.717) is 4.86 Å². The fourth-order valence-electron chi connectivity index (χ4n) is 1.11. The third-order valence-electron chi connectivity index (χ3n) is 1.28. The molecule has 0 atom stereocenters. The van der Waals surface area contributed by atoms with E-state index in [0.717, 1.165) is 0 Å². The maximum absolute atomic E-state index is 10.8. The van der Waals surface area contributed by atoms with E-state index in [1.54, 1.807) is 0 Å². The standard InChI is InChI=1S/C8H16O2S/c1-8(2,3)6(7(9)10)11(4)5/h1-5H3,(H,9,10). The Morgan fingerprint density at radius 1 is 1.27 bits per heavy atom. The highest BCUT2D eigenvalue weighted by atomic mass is 32.2. The summed E-state index contributed by atoms with van der Waals surface area (Å²) in [7, 11) is -0.136. The normalized spacial score (nSPS) is 11.8. The van der Waals surface area contributed by atoms with Gasteiger partial charge in [-0.05, 0) is 17.9 Å². The molecule has 0 aromatic carbocycles. The van der Waals surface area contributed by atoms with Gasteiger partial charge in [0, 0.05) is 0 Å². The minimum Gasteiger partial charge on any atom is -0.478 e. The number of rotatable bonds is 1. The molecule has 11 heavy (non-hydrogen) atoms. The van der Waals surface area contributed by atoms with Gasteiger partial charge in [-0.15, -0.1) is 0 Å². The van der Waals surface area contributed by atoms with Gasteiger partial charge in [0.2, 0.25) is 0 Å². The molecular weight excluding hydrogens is 160 g/mol. The summed E-state index contributed by atoms with van der Waals surface area (Å²) in [6.07, 6.45) is 3.88. The van der Waals surface area contributed by atoms with Crippen LogP contribution in [0.15, 0.2) is 0 Å². The van der Waals surface area contributed by atoms with Gasteiger partial charge in [0.05, 0.1) is 4.86 Å². The lowest BCUT2D eigenvalue weighted by molar-refractivity contribution is -0.129. The SMILES string of the molecule is CS(C)=C(C(=O)O)C(C)(C)C. The van der Waals surface area contributed by atoms with E-state index in [1.165, 1.54) is 0 Å². The summed E-state index contributed by atoms with van der Waals surface area (Å²) in [4.78, 5) is 11.4. The Hall–Kier alpha value is -0.310. The summed E-state index contributed by atoms with van der Waals surface area (Å²) < 4.78 is 0. The van der Waals surface area contributed by atoms with E-state index in [1.807, 2.05) is 33.3 Å². The van der Waals surface area contributed by atoms with Crippen molar-refractivity contribution in [3.8, 4) is 0 Å². The number of hydrogen-bond acceptors (Lipinski definition) is 1. The number of carboxylic acids is 1. The highest BCUT2D eigenvalue weighted by molar-refractivity contribution is 8.15. The third kappa shape index (κ3) is 3.06. The molecule has 0 bridgehead atoms. The monoisotopic (exact) mass is 176 g/mol. The zero-order valence-electron chi connectivity index (χ0n) is 7.76. The van der Waals surface area contributed by atoms with Crippen molar-refractivity contribution in [3.63, 3.8) is 0 Å². The predicted octanol–water partition coefficient (Wildman–Crippen LogP) is 1.82. The minimum atomic E-state index is -0.758. The lowest BCUT2D eigenvalue weighted by Crippen LogP contribution is -2.28. The first-order chi connectivity index (χ1) is 4.76. The number of carbonyl (C=O) groups is 1. The van der Waals surface area contributed by atoms with Gasteiger partial charge in [0.1, 0.15) is 0 Å². The van der Waals surface area contributed by atoms with Crippen LogP contribution in [0.4, 0.5) is 0 Å². The Bertz CT molecular complexity index is 195. The molecule has 0 fully saturated rings. The molecular formula is C8H16O2S. The van der Waals surface area contributed by atoms with Gasteiger partial charge in [-0.25, -0.2) is 4.79 Å². The van der Waals surface area contributed by atoms with E-state index < -0.39 is 5.97 Å². The van der Waals surface area contributed by atoms with Crippen molar-refractivity contribution in [1.82, 2.24) is 0 Å². The van der Waals surface area contributed by atoms with Crippen LogP contribution in [0.25, 0.3) is 0 Å². The van der Waals surface area contributed by atoms with Crippen molar-refractivity contribution in [2.24, 2.45) is 5.41 Å². The number of carboxylic acid groups (broad SMARTS) is 1. The second-order valence-corrected chi connectivity index (χ2v) is 5.74. The molecule has 0 saturated carbocycles. The maximum Gasteiger partial charge on any atom is 0.337 e. The molecule has 0 aliphatic rings. The quantitative estimate of drug-likeness (QED) is 0.619. The van der Waals surface area contributed by atoms with Crippen molar-refractivity contribution in [1.29, 1.82) is 0 Å². The topological polar surface area (TPSA) is 37.3 Å². The lowest BCUT2D eigenvalue weighted by Gasteiger charge is -2.20. The molecule has 0 aromatic rings. The first-order valence-corrected chi connectivity index (χ1v) is 5.49. The highest BCUT2D eigenvalue weighted by Gasteiger charge is 2.24. The number of hydrogen-bond donors (Lipinski definition) is 1. The average molecular weight is 176 g/mol. The van der Waals surface area contributed by atoms with Crippen LogP contribution in [-0.4, -0.2) is 28.5 Å². The van der Waals surface area contributed by atoms with E-state index >= 15 is 0 Å². The molecule has 0 aliphatic carbocycles. The van der Waals surface area contributed by atoms with Crippen LogP contribution >= 0.6 is 10.5 Å². The van der Waals surface area contributed by atoms with Gasteiger partial charge in [0.25, 0.3) is 0 Å². The third-order valence-corrected chi connectivity index (χ3v) is 2.89. The van der Waals surface area contributed by atoms with Crippen LogP contribution in [0.1, 0.15) is 20.8 Å². The lowest BCUT2D eigenvalue weighted by atomic mass is 9.92. The van der Waals surface area contributed by atoms with Crippen LogP contribution in [-0.2, 0) is 4.79 Å². The Morgan fingerprint density at radius 3 is 1.64 bits per heavy atom. The summed E-state index contributed by atoms with van der Waals surface area (Å²) in [5.74, 6) is -0.758. The van der Waals surface area contributed by atoms with Crippen molar-refractivity contribution in [3.05, 3.63) is 0 Å². The molecule has 3 heteroatoms. The molecule has 0 rings (SSSR count). The Morgan fingerprint density at radius 2 is 1.64 bits per heavy atom. The largest absolute Gasteiger partial charge is 0.478 e. The molecule has 0 aromatic heterocycles. The summed E-state index contributed by atoms with van der Waals surface area (Å²) in [6.45, 7) is 5.80. The summed E-state index contributed by atoms with van der Waals surface area (Å²) >= 11 is 0. The van der Waals surface area contributed by atoms with Crippen LogP contribution in [0, 0.1) is 5.41 Å². The first-order valence-electron chi connectivity index (χ1n) is 3.45. The molecule has 0 amide bonds. The predicted molar refractivity (Wildman–Crippen MR) is 51.5 cm³/mol. The molecule has 0 heterocycles. The molecule has 1 N–H and O–H groups in total. The minimum absolute atomic E-state index is 0.136. The molecule has 0 saturated heterocycles. The molecule has 0 unspecified atom stereocenters. The van der Waals surface area contributed by atoms with E-state index in [4.69, 9.17) is 5.11 Å². The van der Waals surface area contributed by atoms with Gasteiger partial charge >= 0.3 is 5.97 Å². The van der Waals surface area contributed by atoms with Crippen molar-refractivity contribution >= 4 is 21.3 Å². The van der Waals surface area contributed by atoms with Crippen molar-refractivity contribution in [2.75, 3.05) is 12.5 Å². The molecule has 0 radical (unpaired) electrons. The van der Waals surface area contributed by atoms with Gasteiger partial charge < -0.3 is 5.11 Å². The van der Waals surface area contributed by atoms with Crippen LogP contribution < -0.4 is 0 Å². The highest BCUT2D eigenvalue weighted by Crippen LogP contribution is 2.22. The number of aliphatic carboxylic acids is 1. The smallest absolute Gasteiger partial charge is 0.337 e. The second kappa shape index (κ2) is 3.39. The van der Waals surface area contributed by atoms with Crippen LogP contribution in [0.3, 0.4) is 0 Å². The average Bonchev–Trinajstić information content (AvgIpc) is 1.54. The fraction of sp³-hybridized carbons (Fsp3) is 0.750. The zero-order chi connectivity index (χ0) is 9.23. The van der Waals surface area contributed by atoms with Crippen molar-refractivity contribution in [2.45, 2.75) is 20.8 Å².